The zero-order valence-corrected chi connectivity index (χ0v) is 14.0. The molecule has 2 aromatic heterocycles. The molecule has 0 aliphatic carbocycles. The number of hydrogen-bond acceptors (Lipinski definition) is 7. The van der Waals surface area contributed by atoms with Crippen molar-refractivity contribution in [3.8, 4) is 11.4 Å². The van der Waals surface area contributed by atoms with Crippen LogP contribution in [-0.4, -0.2) is 39.2 Å². The van der Waals surface area contributed by atoms with Gasteiger partial charge in [0.1, 0.15) is 5.82 Å². The molecule has 2 N–H and O–H groups in total. The van der Waals surface area contributed by atoms with E-state index in [2.05, 4.69) is 20.1 Å². The molecule has 0 aliphatic rings. The molecular weight excluding hydrogens is 426 g/mol. The van der Waals surface area contributed by atoms with E-state index in [1.165, 1.54) is 12.1 Å². The summed E-state index contributed by atoms with van der Waals surface area (Å²) >= 11 is 2.01. The van der Waals surface area contributed by atoms with Crippen molar-refractivity contribution in [3.05, 3.63) is 27.6 Å². The molecule has 0 atom stereocenters. The highest BCUT2D eigenvalue weighted by molar-refractivity contribution is 14.1. The molecule has 3 aromatic rings. The lowest BCUT2D eigenvalue weighted by molar-refractivity contribution is 0.592. The molecular formula is C11H8FIN6O2S. The van der Waals surface area contributed by atoms with E-state index in [4.69, 9.17) is 5.73 Å². The first-order valence-electron chi connectivity index (χ1n) is 5.81. The third kappa shape index (κ3) is 2.61. The number of hydrogen-bond donors (Lipinski definition) is 1. The van der Waals surface area contributed by atoms with Gasteiger partial charge in [-0.25, -0.2) is 12.8 Å². The van der Waals surface area contributed by atoms with Gasteiger partial charge in [-0.05, 0) is 40.8 Å². The van der Waals surface area contributed by atoms with Crippen LogP contribution in [-0.2, 0) is 9.84 Å². The van der Waals surface area contributed by atoms with E-state index in [9.17, 15) is 12.8 Å². The van der Waals surface area contributed by atoms with E-state index in [-0.39, 0.29) is 17.6 Å². The number of rotatable bonds is 2. The highest BCUT2D eigenvalue weighted by Gasteiger charge is 2.18. The van der Waals surface area contributed by atoms with Gasteiger partial charge >= 0.3 is 0 Å². The second-order valence-electron chi connectivity index (χ2n) is 4.41. The van der Waals surface area contributed by atoms with E-state index in [0.717, 1.165) is 14.3 Å². The van der Waals surface area contributed by atoms with Crippen LogP contribution in [0.25, 0.3) is 17.2 Å². The largest absolute Gasteiger partial charge is 0.368 e. The molecule has 0 fully saturated rings. The first-order valence-corrected chi connectivity index (χ1v) is 8.78. The average molecular weight is 434 g/mol. The number of anilines is 1. The number of halogens is 2. The summed E-state index contributed by atoms with van der Waals surface area (Å²) in [5.41, 5.74) is 6.13. The normalized spacial score (nSPS) is 12.0. The molecule has 0 bridgehead atoms. The fourth-order valence-electron chi connectivity index (χ4n) is 1.73. The topological polar surface area (TPSA) is 116 Å². The summed E-state index contributed by atoms with van der Waals surface area (Å²) in [4.78, 5) is 11.6. The zero-order chi connectivity index (χ0) is 16.1. The van der Waals surface area contributed by atoms with Crippen LogP contribution in [0.15, 0.2) is 23.4 Å². The minimum absolute atomic E-state index is 0.0250. The second-order valence-corrected chi connectivity index (χ2v) is 7.48. The van der Waals surface area contributed by atoms with E-state index < -0.39 is 20.8 Å². The number of nitrogens with two attached hydrogens (primary N) is 1. The number of nitrogens with zero attached hydrogens (tertiary/aromatic N) is 5. The fourth-order valence-corrected chi connectivity index (χ4v) is 2.82. The minimum Gasteiger partial charge on any atom is -0.368 e. The highest BCUT2D eigenvalue weighted by atomic mass is 127. The van der Waals surface area contributed by atoms with E-state index in [1.54, 1.807) is 6.07 Å². The van der Waals surface area contributed by atoms with Crippen molar-refractivity contribution in [3.63, 3.8) is 0 Å². The number of aromatic nitrogens is 5. The Morgan fingerprint density at radius 2 is 2.00 bits per heavy atom. The fraction of sp³-hybridized carbons (Fsp3) is 0.0909. The standard InChI is InChI=1S/C11H8FIN6O2S/c1-22(20,21)11-16-9(14)19-10(17-11)15-8(18-19)6-4-5(12)2-3-7(6)13/h2-4H,1H3,(H2,14,15,16,17,18). The lowest BCUT2D eigenvalue weighted by Crippen LogP contribution is -2.11. The van der Waals surface area contributed by atoms with Gasteiger partial charge in [-0.3, -0.25) is 0 Å². The third-order valence-corrected chi connectivity index (χ3v) is 4.50. The van der Waals surface area contributed by atoms with Gasteiger partial charge in [-0.15, -0.1) is 5.10 Å². The quantitative estimate of drug-likeness (QED) is 0.597. The van der Waals surface area contributed by atoms with Crippen molar-refractivity contribution in [2.24, 2.45) is 0 Å². The highest BCUT2D eigenvalue weighted by Crippen LogP contribution is 2.24. The van der Waals surface area contributed by atoms with E-state index in [1.807, 2.05) is 22.6 Å². The second kappa shape index (κ2) is 5.08. The molecule has 0 saturated heterocycles. The Morgan fingerprint density at radius 1 is 1.27 bits per heavy atom. The van der Waals surface area contributed by atoms with Crippen LogP contribution in [0.3, 0.4) is 0 Å². The van der Waals surface area contributed by atoms with Crippen LogP contribution in [0.4, 0.5) is 10.3 Å². The summed E-state index contributed by atoms with van der Waals surface area (Å²) in [6.07, 6.45) is 0.963. The van der Waals surface area contributed by atoms with Crippen LogP contribution in [0.2, 0.25) is 0 Å². The summed E-state index contributed by atoms with van der Waals surface area (Å²) in [6, 6.07) is 4.17. The first kappa shape index (κ1) is 15.0. The van der Waals surface area contributed by atoms with Gasteiger partial charge < -0.3 is 5.73 Å². The molecule has 22 heavy (non-hydrogen) atoms. The van der Waals surface area contributed by atoms with Crippen molar-refractivity contribution in [2.75, 3.05) is 12.0 Å². The Morgan fingerprint density at radius 3 is 2.68 bits per heavy atom. The molecule has 0 amide bonds. The van der Waals surface area contributed by atoms with Crippen LogP contribution in [0.1, 0.15) is 0 Å². The van der Waals surface area contributed by atoms with Gasteiger partial charge in [0.25, 0.3) is 10.9 Å². The molecule has 8 nitrogen and oxygen atoms in total. The first-order chi connectivity index (χ1) is 10.3. The third-order valence-electron chi connectivity index (χ3n) is 2.71. The smallest absolute Gasteiger partial charge is 0.258 e. The Kier molecular flexibility index (Phi) is 3.47. The number of fused-ring (bicyclic) bond motifs is 1. The van der Waals surface area contributed by atoms with E-state index >= 15 is 0 Å². The van der Waals surface area contributed by atoms with Crippen molar-refractivity contribution >= 4 is 44.2 Å². The molecule has 11 heteroatoms. The summed E-state index contributed by atoms with van der Waals surface area (Å²) in [7, 11) is -3.63. The van der Waals surface area contributed by atoms with E-state index in [0.29, 0.717) is 5.56 Å². The number of benzene rings is 1. The molecule has 0 radical (unpaired) electrons. The van der Waals surface area contributed by atoms with Gasteiger partial charge in [-0.1, -0.05) is 0 Å². The summed E-state index contributed by atoms with van der Waals surface area (Å²) in [5.74, 6) is -0.459. The van der Waals surface area contributed by atoms with Crippen molar-refractivity contribution in [2.45, 2.75) is 5.16 Å². The maximum atomic E-state index is 13.4. The Labute approximate surface area is 137 Å². The van der Waals surface area contributed by atoms with Crippen LogP contribution in [0.5, 0.6) is 0 Å². The van der Waals surface area contributed by atoms with Crippen LogP contribution in [0, 0.1) is 9.39 Å². The average Bonchev–Trinajstić information content (AvgIpc) is 2.85. The zero-order valence-electron chi connectivity index (χ0n) is 11.0. The molecule has 3 rings (SSSR count). The van der Waals surface area contributed by atoms with Gasteiger partial charge in [0, 0.05) is 15.4 Å². The van der Waals surface area contributed by atoms with Crippen molar-refractivity contribution in [1.29, 1.82) is 0 Å². The molecule has 0 aliphatic heterocycles. The lowest BCUT2D eigenvalue weighted by atomic mass is 10.2. The van der Waals surface area contributed by atoms with Crippen LogP contribution < -0.4 is 5.73 Å². The van der Waals surface area contributed by atoms with Gasteiger partial charge in [0.2, 0.25) is 15.8 Å². The molecule has 2 heterocycles. The SMILES string of the molecule is CS(=O)(=O)c1nc(N)n2nc(-c3cc(F)ccc3I)nc2n1. The van der Waals surface area contributed by atoms with Crippen LogP contribution >= 0.6 is 22.6 Å². The van der Waals surface area contributed by atoms with Crippen molar-refractivity contribution < 1.29 is 12.8 Å². The van der Waals surface area contributed by atoms with Gasteiger partial charge in [0.05, 0.1) is 0 Å². The maximum absolute atomic E-state index is 13.4. The molecule has 1 aromatic carbocycles. The number of nitrogen functional groups attached to an aromatic ring is 1. The minimum atomic E-state index is -3.63. The lowest BCUT2D eigenvalue weighted by Gasteiger charge is -1.99. The monoisotopic (exact) mass is 434 g/mol. The molecule has 114 valence electrons. The Bertz CT molecular complexity index is 1000. The van der Waals surface area contributed by atoms with Gasteiger partial charge in [0.15, 0.2) is 5.82 Å². The molecule has 0 saturated carbocycles. The maximum Gasteiger partial charge on any atom is 0.258 e. The summed E-state index contributed by atoms with van der Waals surface area (Å²) in [5, 5.41) is 3.66. The summed E-state index contributed by atoms with van der Waals surface area (Å²) < 4.78 is 38.3. The Hall–Kier alpha value is -1.89. The molecule has 0 unspecified atom stereocenters. The number of sulfone groups is 1. The predicted octanol–water partition coefficient (Wildman–Crippen LogP) is 0.916. The molecule has 0 spiro atoms. The van der Waals surface area contributed by atoms with Crippen molar-refractivity contribution in [1.82, 2.24) is 24.6 Å². The summed E-state index contributed by atoms with van der Waals surface area (Å²) in [6.45, 7) is 0. The Balaban J connectivity index is 2.26. The predicted molar refractivity (Wildman–Crippen MR) is 84.2 cm³/mol. The van der Waals surface area contributed by atoms with Gasteiger partial charge in [-0.2, -0.15) is 19.5 Å².